The molecule has 0 amide bonds. The fraction of sp³-hybridized carbons (Fsp3) is 0.500. The largest absolute Gasteiger partial charge is 0.859 e. The number of aliphatic carboxylic acids is 1. The van der Waals surface area contributed by atoms with E-state index in [0.29, 0.717) is 0 Å². The maximum absolute atomic E-state index is 10.7. The van der Waals surface area contributed by atoms with Crippen LogP contribution in [-0.4, -0.2) is 17.1 Å². The molecule has 0 aliphatic rings. The Kier molecular flexibility index (Phi) is 3.23. The van der Waals surface area contributed by atoms with Gasteiger partial charge in [-0.05, 0) is 19.7 Å². The van der Waals surface area contributed by atoms with Crippen LogP contribution in [0.2, 0.25) is 0 Å². The van der Waals surface area contributed by atoms with Gasteiger partial charge in [0.2, 0.25) is 0 Å². The smallest absolute Gasteiger partial charge is 0.325 e. The molecule has 0 saturated heterocycles. The van der Waals surface area contributed by atoms with Crippen molar-refractivity contribution in [2.75, 3.05) is 0 Å². The van der Waals surface area contributed by atoms with Crippen molar-refractivity contribution in [3.63, 3.8) is 0 Å². The molecule has 0 spiro atoms. The number of allylic oxidation sites excluding steroid dienone is 1. The lowest BCUT2D eigenvalue weighted by Crippen LogP contribution is -2.38. The van der Waals surface area contributed by atoms with E-state index in [1.54, 1.807) is 0 Å². The summed E-state index contributed by atoms with van der Waals surface area (Å²) in [4.78, 5) is 10.2. The Bertz CT molecular complexity index is 184. The maximum atomic E-state index is 10.7. The van der Waals surface area contributed by atoms with E-state index < -0.39 is 17.9 Å². The summed E-state index contributed by atoms with van der Waals surface area (Å²) < 4.78 is 0. The molecule has 5 nitrogen and oxygen atoms in total. The Labute approximate surface area is 64.5 Å². The highest BCUT2D eigenvalue weighted by Gasteiger charge is 2.07. The van der Waals surface area contributed by atoms with Crippen LogP contribution in [0, 0.1) is 0 Å². The normalized spacial score (nSPS) is 15.1. The first-order valence-corrected chi connectivity index (χ1v) is 3.08. The third-order valence-corrected chi connectivity index (χ3v) is 1.08. The van der Waals surface area contributed by atoms with E-state index in [4.69, 9.17) is 10.8 Å². The molecule has 0 bridgehead atoms. The monoisotopic (exact) mass is 159 g/mol. The van der Waals surface area contributed by atoms with Crippen molar-refractivity contribution in [1.29, 1.82) is 0 Å². The quantitative estimate of drug-likeness (QED) is 0.438. The third-order valence-electron chi connectivity index (χ3n) is 1.08. The van der Waals surface area contributed by atoms with Crippen molar-refractivity contribution in [2.24, 2.45) is 5.73 Å². The minimum atomic E-state index is -1.08. The molecule has 0 heterocycles. The second-order valence-electron chi connectivity index (χ2n) is 2.22. The summed E-state index contributed by atoms with van der Waals surface area (Å²) in [5, 5.41) is 21.2. The summed E-state index contributed by atoms with van der Waals surface area (Å²) in [5.41, 5.74) is 5.15. The second-order valence-corrected chi connectivity index (χ2v) is 2.22. The lowest BCUT2D eigenvalue weighted by molar-refractivity contribution is -0.314. The first-order chi connectivity index (χ1) is 4.95. The summed E-state index contributed by atoms with van der Waals surface area (Å²) in [5.74, 6) is -1.63. The topological polar surface area (TPSA) is 98.4 Å². The van der Waals surface area contributed by atoms with Crippen LogP contribution < -0.4 is 16.2 Å². The third kappa shape index (κ3) is 3.34. The first-order valence-electron chi connectivity index (χ1n) is 3.08. The first kappa shape index (κ1) is 9.61. The average Bonchev–Trinajstić information content (AvgIpc) is 1.87. The molecule has 5 heteroatoms. The zero-order valence-electron chi connectivity index (χ0n) is 6.42. The second kappa shape index (κ2) is 3.70. The Hall–Kier alpha value is -1.39. The highest BCUT2D eigenvalue weighted by Crippen LogP contribution is 1.88. The summed E-state index contributed by atoms with van der Waals surface area (Å²) in [7, 11) is 0. The van der Waals surface area contributed by atoms with Crippen LogP contribution in [0.25, 0.3) is 0 Å². The molecule has 0 aromatic carbocycles. The van der Waals surface area contributed by atoms with E-state index in [9.17, 15) is 9.90 Å². The van der Waals surface area contributed by atoms with Gasteiger partial charge in [-0.1, -0.05) is 0 Å². The highest BCUT2D eigenvalue weighted by molar-refractivity contribution is 5.73. The van der Waals surface area contributed by atoms with Gasteiger partial charge in [-0.15, -0.1) is 0 Å². The lowest BCUT2D eigenvalue weighted by Gasteiger charge is -2.19. The molecule has 1 unspecified atom stereocenters. The van der Waals surface area contributed by atoms with E-state index in [2.05, 4.69) is 5.32 Å². The van der Waals surface area contributed by atoms with Crippen LogP contribution in [0.3, 0.4) is 0 Å². The minimum absolute atomic E-state index is 0.0538. The van der Waals surface area contributed by atoms with Crippen LogP contribution in [0.4, 0.5) is 0 Å². The summed E-state index contributed by atoms with van der Waals surface area (Å²) in [6.45, 7) is 2.77. The average molecular weight is 159 g/mol. The molecule has 4 N–H and O–H groups in total. The predicted octanol–water partition coefficient (Wildman–Crippen LogP) is -1.44. The maximum Gasteiger partial charge on any atom is 0.325 e. The minimum Gasteiger partial charge on any atom is -0.859 e. The molecule has 0 aromatic rings. The van der Waals surface area contributed by atoms with Gasteiger partial charge in [-0.25, -0.2) is 0 Å². The van der Waals surface area contributed by atoms with Crippen molar-refractivity contribution in [3.05, 3.63) is 11.6 Å². The lowest BCUT2D eigenvalue weighted by atomic mass is 10.3. The fourth-order valence-corrected chi connectivity index (χ4v) is 0.372. The van der Waals surface area contributed by atoms with E-state index in [1.807, 2.05) is 0 Å². The Morgan fingerprint density at radius 3 is 2.45 bits per heavy atom. The number of hydrogen-bond donors (Lipinski definition) is 3. The van der Waals surface area contributed by atoms with E-state index in [-0.39, 0.29) is 5.70 Å². The van der Waals surface area contributed by atoms with Gasteiger partial charge in [0.1, 0.15) is 6.04 Å². The number of nitrogens with two attached hydrogens (primary N) is 1. The van der Waals surface area contributed by atoms with Gasteiger partial charge >= 0.3 is 5.97 Å². The highest BCUT2D eigenvalue weighted by atomic mass is 16.4. The zero-order chi connectivity index (χ0) is 9.02. The molecular formula is C6H11N2O3-. The zero-order valence-corrected chi connectivity index (χ0v) is 6.42. The number of rotatable bonds is 3. The standard InChI is InChI=1S/C6H12N2O3/c1-3(7)5(9)8-4(2)6(10)11/h4,8-9H,7H2,1-2H3,(H,10,11)/p-1. The van der Waals surface area contributed by atoms with E-state index >= 15 is 0 Å². The molecule has 1 atom stereocenters. The van der Waals surface area contributed by atoms with Crippen LogP contribution in [0.1, 0.15) is 13.8 Å². The van der Waals surface area contributed by atoms with Crippen LogP contribution in [0.15, 0.2) is 11.6 Å². The van der Waals surface area contributed by atoms with Crippen molar-refractivity contribution < 1.29 is 15.0 Å². The SMILES string of the molecule is CC(N)=C([O-])NC(C)C(=O)O. The Morgan fingerprint density at radius 1 is 1.73 bits per heavy atom. The van der Waals surface area contributed by atoms with Crippen molar-refractivity contribution in [3.8, 4) is 0 Å². The van der Waals surface area contributed by atoms with Gasteiger partial charge in [0, 0.05) is 5.70 Å². The van der Waals surface area contributed by atoms with Gasteiger partial charge in [0.15, 0.2) is 0 Å². The number of carboxylic acids is 1. The van der Waals surface area contributed by atoms with Crippen molar-refractivity contribution in [1.82, 2.24) is 5.32 Å². The number of hydrogen-bond acceptors (Lipinski definition) is 4. The molecule has 64 valence electrons. The molecular weight excluding hydrogens is 148 g/mol. The van der Waals surface area contributed by atoms with Crippen LogP contribution in [0.5, 0.6) is 0 Å². The van der Waals surface area contributed by atoms with Crippen molar-refractivity contribution in [2.45, 2.75) is 19.9 Å². The van der Waals surface area contributed by atoms with Gasteiger partial charge < -0.3 is 21.3 Å². The molecule has 0 aliphatic heterocycles. The molecule has 0 radical (unpaired) electrons. The molecule has 0 aliphatic carbocycles. The fourth-order valence-electron chi connectivity index (χ4n) is 0.372. The molecule has 0 rings (SSSR count). The van der Waals surface area contributed by atoms with Gasteiger partial charge in [-0.2, -0.15) is 0 Å². The molecule has 11 heavy (non-hydrogen) atoms. The van der Waals surface area contributed by atoms with Gasteiger partial charge in [-0.3, -0.25) is 4.79 Å². The van der Waals surface area contributed by atoms with Gasteiger partial charge in [0.25, 0.3) is 0 Å². The van der Waals surface area contributed by atoms with Crippen molar-refractivity contribution >= 4 is 5.97 Å². The Morgan fingerprint density at radius 2 is 2.18 bits per heavy atom. The number of carbonyl (C=O) groups is 1. The predicted molar refractivity (Wildman–Crippen MR) is 37.1 cm³/mol. The molecule has 0 saturated carbocycles. The van der Waals surface area contributed by atoms with Crippen LogP contribution >= 0.6 is 0 Å². The van der Waals surface area contributed by atoms with E-state index in [1.165, 1.54) is 13.8 Å². The van der Waals surface area contributed by atoms with E-state index in [0.717, 1.165) is 0 Å². The molecule has 0 fully saturated rings. The number of carboxylic acid groups (broad SMARTS) is 1. The summed E-state index contributed by atoms with van der Waals surface area (Å²) in [6.07, 6.45) is 0. The Balaban J connectivity index is 4.06. The van der Waals surface area contributed by atoms with Gasteiger partial charge in [0.05, 0.1) is 0 Å². The summed E-state index contributed by atoms with van der Waals surface area (Å²) >= 11 is 0. The van der Waals surface area contributed by atoms with Crippen LogP contribution in [-0.2, 0) is 4.79 Å². The molecule has 0 aromatic heterocycles. The summed E-state index contributed by atoms with van der Waals surface area (Å²) in [6, 6.07) is -0.902. The number of nitrogens with one attached hydrogen (secondary N) is 1.